The predicted molar refractivity (Wildman–Crippen MR) is 50.7 cm³/mol. The van der Waals surface area contributed by atoms with Crippen LogP contribution in [0.1, 0.15) is 11.7 Å². The Hall–Kier alpha value is -0.550. The van der Waals surface area contributed by atoms with Crippen LogP contribution in [0.3, 0.4) is 0 Å². The first-order valence-corrected chi connectivity index (χ1v) is 4.18. The van der Waals surface area contributed by atoms with Crippen molar-refractivity contribution in [2.45, 2.75) is 6.10 Å². The van der Waals surface area contributed by atoms with Gasteiger partial charge in [0.1, 0.15) is 6.10 Å². The number of carbonyl (C=O) groups excluding carboxylic acids is 1. The average Bonchev–Trinajstić information content (AvgIpc) is 2.16. The van der Waals surface area contributed by atoms with Gasteiger partial charge in [0.05, 0.1) is 5.97 Å². The van der Waals surface area contributed by atoms with Gasteiger partial charge in [0, 0.05) is 19.8 Å². The van der Waals surface area contributed by atoms with Crippen molar-refractivity contribution in [3.63, 3.8) is 0 Å². The third kappa shape index (κ3) is 3.83. The van der Waals surface area contributed by atoms with Crippen LogP contribution in [0.25, 0.3) is 0 Å². The molecular formula is C10H12NNaO3. The van der Waals surface area contributed by atoms with Gasteiger partial charge >= 0.3 is 29.6 Å². The molecule has 76 valence electrons. The Morgan fingerprint density at radius 2 is 1.80 bits per heavy atom. The number of rotatable bonds is 3. The molecule has 1 atom stereocenters. The van der Waals surface area contributed by atoms with E-state index in [-0.39, 0.29) is 29.6 Å². The van der Waals surface area contributed by atoms with Crippen LogP contribution in [-0.4, -0.2) is 25.2 Å². The molecule has 0 spiro atoms. The first kappa shape index (κ1) is 14.5. The number of carboxylic acids is 1. The Morgan fingerprint density at radius 1 is 1.33 bits per heavy atom. The summed E-state index contributed by atoms with van der Waals surface area (Å²) in [7, 11) is 3.76. The molecule has 0 amide bonds. The molecule has 15 heavy (non-hydrogen) atoms. The second-order valence-electron chi connectivity index (χ2n) is 3.21. The third-order valence-corrected chi connectivity index (χ3v) is 1.95. The smallest absolute Gasteiger partial charge is 0.547 e. The van der Waals surface area contributed by atoms with Crippen LogP contribution >= 0.6 is 0 Å². The molecule has 0 aliphatic carbocycles. The maximum Gasteiger partial charge on any atom is 1.00 e. The van der Waals surface area contributed by atoms with Crippen molar-refractivity contribution in [3.05, 3.63) is 29.8 Å². The van der Waals surface area contributed by atoms with E-state index in [1.807, 2.05) is 19.0 Å². The number of carbonyl (C=O) groups is 1. The Kier molecular flexibility index (Phi) is 5.90. The number of aliphatic carboxylic acids is 1. The second-order valence-corrected chi connectivity index (χ2v) is 3.21. The van der Waals surface area contributed by atoms with Gasteiger partial charge in [-0.25, -0.2) is 0 Å². The Balaban J connectivity index is 0.00000196. The number of hydrogen-bond acceptors (Lipinski definition) is 4. The van der Waals surface area contributed by atoms with E-state index in [1.54, 1.807) is 24.3 Å². The van der Waals surface area contributed by atoms with Crippen molar-refractivity contribution in [1.82, 2.24) is 0 Å². The summed E-state index contributed by atoms with van der Waals surface area (Å²) < 4.78 is 0. The molecule has 0 aliphatic rings. The van der Waals surface area contributed by atoms with Crippen LogP contribution in [0.4, 0.5) is 5.69 Å². The molecule has 0 heterocycles. The minimum absolute atomic E-state index is 0. The van der Waals surface area contributed by atoms with Crippen LogP contribution in [0.5, 0.6) is 0 Å². The van der Waals surface area contributed by atoms with Gasteiger partial charge in [0.25, 0.3) is 0 Å². The zero-order chi connectivity index (χ0) is 10.7. The van der Waals surface area contributed by atoms with E-state index in [4.69, 9.17) is 5.11 Å². The maximum absolute atomic E-state index is 10.3. The summed E-state index contributed by atoms with van der Waals surface area (Å²) in [6.45, 7) is 0. The molecule has 1 N–H and O–H groups in total. The number of nitrogens with zero attached hydrogens (tertiary/aromatic N) is 1. The minimum atomic E-state index is -1.55. The zero-order valence-corrected chi connectivity index (χ0v) is 11.1. The Bertz CT molecular complexity index is 324. The van der Waals surface area contributed by atoms with Crippen LogP contribution in [0.2, 0.25) is 0 Å². The molecule has 5 heteroatoms. The van der Waals surface area contributed by atoms with Gasteiger partial charge in [0.15, 0.2) is 0 Å². The SMILES string of the molecule is CN(C)c1ccc(C(O)C(=O)[O-])cc1.[Na+]. The molecule has 0 bridgehead atoms. The number of carboxylic acid groups (broad SMARTS) is 1. The fraction of sp³-hybridized carbons (Fsp3) is 0.300. The molecule has 1 unspecified atom stereocenters. The summed E-state index contributed by atoms with van der Waals surface area (Å²) in [5.41, 5.74) is 1.27. The summed E-state index contributed by atoms with van der Waals surface area (Å²) >= 11 is 0. The minimum Gasteiger partial charge on any atom is -0.547 e. The van der Waals surface area contributed by atoms with Crippen LogP contribution < -0.4 is 39.6 Å². The molecule has 4 nitrogen and oxygen atoms in total. The normalized spacial score (nSPS) is 11.4. The van der Waals surface area contributed by atoms with Crippen molar-refractivity contribution in [2.24, 2.45) is 0 Å². The van der Waals surface area contributed by atoms with Crippen LogP contribution in [0, 0.1) is 0 Å². The number of hydrogen-bond donors (Lipinski definition) is 1. The summed E-state index contributed by atoms with van der Waals surface area (Å²) in [5.74, 6) is -1.48. The summed E-state index contributed by atoms with van der Waals surface area (Å²) in [6, 6.07) is 6.61. The van der Waals surface area contributed by atoms with Gasteiger partial charge in [-0.05, 0) is 17.7 Å². The van der Waals surface area contributed by atoms with E-state index in [2.05, 4.69) is 0 Å². The molecule has 0 saturated heterocycles. The topological polar surface area (TPSA) is 63.6 Å². The van der Waals surface area contributed by atoms with Crippen molar-refractivity contribution >= 4 is 11.7 Å². The largest absolute Gasteiger partial charge is 1.00 e. The molecule has 0 aromatic heterocycles. The molecule has 0 fully saturated rings. The van der Waals surface area contributed by atoms with Gasteiger partial charge in [-0.3, -0.25) is 0 Å². The van der Waals surface area contributed by atoms with Crippen molar-refractivity contribution in [3.8, 4) is 0 Å². The van der Waals surface area contributed by atoms with E-state index in [0.717, 1.165) is 5.69 Å². The summed E-state index contributed by atoms with van der Waals surface area (Å²) in [4.78, 5) is 12.2. The molecule has 1 aromatic carbocycles. The zero-order valence-electron chi connectivity index (χ0n) is 9.10. The van der Waals surface area contributed by atoms with Gasteiger partial charge in [-0.2, -0.15) is 0 Å². The van der Waals surface area contributed by atoms with Crippen molar-refractivity contribution in [1.29, 1.82) is 0 Å². The number of aliphatic hydroxyl groups excluding tert-OH is 1. The predicted octanol–water partition coefficient (Wildman–Crippen LogP) is -3.46. The fourth-order valence-electron chi connectivity index (χ4n) is 1.09. The first-order chi connectivity index (χ1) is 6.52. The maximum atomic E-state index is 10.3. The number of aliphatic hydroxyl groups is 1. The van der Waals surface area contributed by atoms with E-state index >= 15 is 0 Å². The van der Waals surface area contributed by atoms with Gasteiger partial charge < -0.3 is 19.9 Å². The summed E-state index contributed by atoms with van der Waals surface area (Å²) in [5, 5.41) is 19.5. The molecule has 0 saturated carbocycles. The van der Waals surface area contributed by atoms with E-state index in [9.17, 15) is 9.90 Å². The van der Waals surface area contributed by atoms with Crippen LogP contribution in [0.15, 0.2) is 24.3 Å². The Morgan fingerprint density at radius 3 is 2.13 bits per heavy atom. The van der Waals surface area contributed by atoms with Gasteiger partial charge in [0.2, 0.25) is 0 Å². The van der Waals surface area contributed by atoms with Gasteiger partial charge in [-0.15, -0.1) is 0 Å². The number of benzene rings is 1. The summed E-state index contributed by atoms with van der Waals surface area (Å²) in [6.07, 6.45) is -1.55. The second kappa shape index (κ2) is 6.12. The van der Waals surface area contributed by atoms with Crippen molar-refractivity contribution < 1.29 is 44.6 Å². The molecule has 0 radical (unpaired) electrons. The molecule has 0 aliphatic heterocycles. The van der Waals surface area contributed by atoms with Crippen molar-refractivity contribution in [2.75, 3.05) is 19.0 Å². The molecule has 1 rings (SSSR count). The standard InChI is InChI=1S/C10H13NO3.Na/c1-11(2)8-5-3-7(4-6-8)9(12)10(13)14;/h3-6,9,12H,1-2H3,(H,13,14);/q;+1/p-1. The third-order valence-electron chi connectivity index (χ3n) is 1.95. The quantitative estimate of drug-likeness (QED) is 0.535. The Labute approximate surface area is 111 Å². The number of anilines is 1. The van der Waals surface area contributed by atoms with Crippen LogP contribution in [-0.2, 0) is 4.79 Å². The fourth-order valence-corrected chi connectivity index (χ4v) is 1.09. The average molecular weight is 217 g/mol. The van der Waals surface area contributed by atoms with E-state index < -0.39 is 12.1 Å². The monoisotopic (exact) mass is 217 g/mol. The first-order valence-electron chi connectivity index (χ1n) is 4.18. The molecular weight excluding hydrogens is 205 g/mol. The molecule has 1 aromatic rings. The van der Waals surface area contributed by atoms with Gasteiger partial charge in [-0.1, -0.05) is 12.1 Å². The van der Waals surface area contributed by atoms with E-state index in [0.29, 0.717) is 5.56 Å². The van der Waals surface area contributed by atoms with E-state index in [1.165, 1.54) is 0 Å².